The molecule has 1 aliphatic rings. The molecule has 0 aliphatic carbocycles. The Labute approximate surface area is 135 Å². The third-order valence-corrected chi connectivity index (χ3v) is 3.45. The van der Waals surface area contributed by atoms with Crippen LogP contribution in [0.5, 0.6) is 5.88 Å². The first-order chi connectivity index (χ1) is 10.3. The van der Waals surface area contributed by atoms with Gasteiger partial charge in [0.2, 0.25) is 5.88 Å². The predicted molar refractivity (Wildman–Crippen MR) is 83.1 cm³/mol. The minimum atomic E-state index is -0.474. The molecule has 0 bridgehead atoms. The van der Waals surface area contributed by atoms with E-state index in [2.05, 4.69) is 9.97 Å². The first-order valence-corrected chi connectivity index (χ1v) is 7.79. The molecule has 1 amide bonds. The van der Waals surface area contributed by atoms with Crippen LogP contribution in [0.3, 0.4) is 0 Å². The van der Waals surface area contributed by atoms with Crippen LogP contribution in [0, 0.1) is 5.92 Å². The van der Waals surface area contributed by atoms with Gasteiger partial charge in [-0.3, -0.25) is 0 Å². The first kappa shape index (κ1) is 16.8. The maximum Gasteiger partial charge on any atom is 0.410 e. The van der Waals surface area contributed by atoms with Gasteiger partial charge in [0.05, 0.1) is 6.61 Å². The lowest BCUT2D eigenvalue weighted by Crippen LogP contribution is -2.44. The highest BCUT2D eigenvalue weighted by Crippen LogP contribution is 2.20. The van der Waals surface area contributed by atoms with Crippen molar-refractivity contribution in [3.63, 3.8) is 0 Å². The van der Waals surface area contributed by atoms with Crippen LogP contribution in [0.1, 0.15) is 33.6 Å². The van der Waals surface area contributed by atoms with E-state index in [-0.39, 0.29) is 12.0 Å². The lowest BCUT2D eigenvalue weighted by atomic mass is 9.99. The number of hydrogen-bond donors (Lipinski definition) is 0. The molecule has 2 heterocycles. The smallest absolute Gasteiger partial charge is 0.410 e. The summed E-state index contributed by atoms with van der Waals surface area (Å²) >= 11 is 5.79. The lowest BCUT2D eigenvalue weighted by molar-refractivity contribution is 0.0138. The summed E-state index contributed by atoms with van der Waals surface area (Å²) in [6.07, 6.45) is 3.06. The number of rotatable bonds is 3. The standard InChI is InChI=1S/C15H22ClN3O3/c1-15(2,3)22-14(20)19-6-4-5-11(8-19)9-21-13-7-12(16)17-10-18-13/h7,10-11H,4-6,8-9H2,1-3H3/t11-/m1/s1. The minimum absolute atomic E-state index is 0.259. The van der Waals surface area contributed by atoms with Gasteiger partial charge >= 0.3 is 6.09 Å². The van der Waals surface area contributed by atoms with E-state index in [1.807, 2.05) is 20.8 Å². The van der Waals surface area contributed by atoms with E-state index in [0.717, 1.165) is 19.4 Å². The molecule has 1 fully saturated rings. The number of hydrogen-bond acceptors (Lipinski definition) is 5. The van der Waals surface area contributed by atoms with Crippen LogP contribution in [0.4, 0.5) is 4.79 Å². The zero-order valence-electron chi connectivity index (χ0n) is 13.2. The molecule has 0 unspecified atom stereocenters. The summed E-state index contributed by atoms with van der Waals surface area (Å²) in [6.45, 7) is 7.46. The van der Waals surface area contributed by atoms with Crippen LogP contribution in [0.2, 0.25) is 5.15 Å². The van der Waals surface area contributed by atoms with E-state index in [1.165, 1.54) is 6.33 Å². The Morgan fingerprint density at radius 1 is 1.45 bits per heavy atom. The maximum absolute atomic E-state index is 12.1. The van der Waals surface area contributed by atoms with E-state index < -0.39 is 5.60 Å². The van der Waals surface area contributed by atoms with Gasteiger partial charge in [0.1, 0.15) is 17.1 Å². The Kier molecular flexibility index (Phi) is 5.45. The van der Waals surface area contributed by atoms with E-state index >= 15 is 0 Å². The van der Waals surface area contributed by atoms with Crippen molar-refractivity contribution in [3.05, 3.63) is 17.5 Å². The van der Waals surface area contributed by atoms with Gasteiger partial charge in [-0.1, -0.05) is 11.6 Å². The quantitative estimate of drug-likeness (QED) is 0.798. The number of piperidine rings is 1. The fourth-order valence-electron chi connectivity index (χ4n) is 2.29. The molecule has 1 saturated heterocycles. The number of nitrogens with zero attached hydrogens (tertiary/aromatic N) is 3. The molecule has 0 saturated carbocycles. The van der Waals surface area contributed by atoms with Gasteiger partial charge in [-0.25, -0.2) is 14.8 Å². The van der Waals surface area contributed by atoms with E-state index in [1.54, 1.807) is 11.0 Å². The Bertz CT molecular complexity index is 519. The van der Waals surface area contributed by atoms with Gasteiger partial charge in [-0.2, -0.15) is 0 Å². The molecular formula is C15H22ClN3O3. The minimum Gasteiger partial charge on any atom is -0.477 e. The van der Waals surface area contributed by atoms with E-state index in [9.17, 15) is 4.79 Å². The monoisotopic (exact) mass is 327 g/mol. The van der Waals surface area contributed by atoms with Crippen LogP contribution in [-0.4, -0.2) is 46.3 Å². The van der Waals surface area contributed by atoms with Crippen LogP contribution < -0.4 is 4.74 Å². The maximum atomic E-state index is 12.1. The molecule has 0 aromatic carbocycles. The van der Waals surface area contributed by atoms with E-state index in [4.69, 9.17) is 21.1 Å². The third kappa shape index (κ3) is 5.33. The van der Waals surface area contributed by atoms with Crippen molar-refractivity contribution in [2.45, 2.75) is 39.2 Å². The van der Waals surface area contributed by atoms with Crippen molar-refractivity contribution < 1.29 is 14.3 Å². The number of amides is 1. The van der Waals surface area contributed by atoms with Crippen LogP contribution in [-0.2, 0) is 4.74 Å². The number of aromatic nitrogens is 2. The summed E-state index contributed by atoms with van der Waals surface area (Å²) in [6, 6.07) is 1.58. The van der Waals surface area contributed by atoms with E-state index in [0.29, 0.717) is 24.2 Å². The van der Waals surface area contributed by atoms with Crippen LogP contribution in [0.25, 0.3) is 0 Å². The summed E-state index contributed by atoms with van der Waals surface area (Å²) in [5, 5.41) is 0.351. The predicted octanol–water partition coefficient (Wildman–Crippen LogP) is 3.16. The molecule has 2 rings (SSSR count). The van der Waals surface area contributed by atoms with Gasteiger partial charge < -0.3 is 14.4 Å². The first-order valence-electron chi connectivity index (χ1n) is 7.42. The van der Waals surface area contributed by atoms with Gasteiger partial charge in [-0.05, 0) is 33.6 Å². The highest BCUT2D eigenvalue weighted by Gasteiger charge is 2.27. The van der Waals surface area contributed by atoms with Crippen molar-refractivity contribution >= 4 is 17.7 Å². The Morgan fingerprint density at radius 3 is 2.91 bits per heavy atom. The fourth-order valence-corrected chi connectivity index (χ4v) is 2.43. The van der Waals surface area contributed by atoms with Crippen molar-refractivity contribution in [1.82, 2.24) is 14.9 Å². The average molecular weight is 328 g/mol. The third-order valence-electron chi connectivity index (χ3n) is 3.25. The molecule has 0 spiro atoms. The normalized spacial score (nSPS) is 18.9. The zero-order chi connectivity index (χ0) is 16.2. The molecule has 1 aliphatic heterocycles. The Morgan fingerprint density at radius 2 is 2.23 bits per heavy atom. The van der Waals surface area contributed by atoms with Gasteiger partial charge in [0, 0.05) is 25.1 Å². The number of halogens is 1. The second-order valence-corrected chi connectivity index (χ2v) is 6.81. The molecule has 6 nitrogen and oxygen atoms in total. The molecule has 7 heteroatoms. The van der Waals surface area contributed by atoms with Gasteiger partial charge in [0.15, 0.2) is 0 Å². The fraction of sp³-hybridized carbons (Fsp3) is 0.667. The SMILES string of the molecule is CC(C)(C)OC(=O)N1CCC[C@@H](COc2cc(Cl)ncn2)C1. The second-order valence-electron chi connectivity index (χ2n) is 6.42. The molecule has 1 aromatic rings. The number of carbonyl (C=O) groups excluding carboxylic acids is 1. The Hall–Kier alpha value is -1.56. The summed E-state index contributed by atoms with van der Waals surface area (Å²) in [5.74, 6) is 0.712. The zero-order valence-corrected chi connectivity index (χ0v) is 14.0. The topological polar surface area (TPSA) is 64.5 Å². The Balaban J connectivity index is 1.84. The molecule has 0 radical (unpaired) electrons. The lowest BCUT2D eigenvalue weighted by Gasteiger charge is -2.33. The number of likely N-dealkylation sites (tertiary alicyclic amines) is 1. The summed E-state index contributed by atoms with van der Waals surface area (Å²) in [4.78, 5) is 21.7. The molecule has 1 aromatic heterocycles. The van der Waals surface area contributed by atoms with Crippen LogP contribution in [0.15, 0.2) is 12.4 Å². The second kappa shape index (κ2) is 7.13. The summed E-state index contributed by atoms with van der Waals surface area (Å²) in [7, 11) is 0. The summed E-state index contributed by atoms with van der Waals surface area (Å²) < 4.78 is 11.1. The number of ether oxygens (including phenoxy) is 2. The highest BCUT2D eigenvalue weighted by molar-refractivity contribution is 6.29. The summed E-state index contributed by atoms with van der Waals surface area (Å²) in [5.41, 5.74) is -0.474. The van der Waals surface area contributed by atoms with Crippen molar-refractivity contribution in [1.29, 1.82) is 0 Å². The molecule has 0 N–H and O–H groups in total. The molecular weight excluding hydrogens is 306 g/mol. The van der Waals surface area contributed by atoms with Crippen molar-refractivity contribution in [2.24, 2.45) is 5.92 Å². The van der Waals surface area contributed by atoms with Crippen molar-refractivity contribution in [2.75, 3.05) is 19.7 Å². The van der Waals surface area contributed by atoms with Crippen LogP contribution >= 0.6 is 11.6 Å². The average Bonchev–Trinajstić information content (AvgIpc) is 2.44. The van der Waals surface area contributed by atoms with Crippen molar-refractivity contribution in [3.8, 4) is 5.88 Å². The van der Waals surface area contributed by atoms with Gasteiger partial charge in [0.25, 0.3) is 0 Å². The number of carbonyl (C=O) groups is 1. The largest absolute Gasteiger partial charge is 0.477 e. The highest BCUT2D eigenvalue weighted by atomic mass is 35.5. The van der Waals surface area contributed by atoms with Gasteiger partial charge in [-0.15, -0.1) is 0 Å². The molecule has 22 heavy (non-hydrogen) atoms. The molecule has 1 atom stereocenters. The molecule has 122 valence electrons.